The summed E-state index contributed by atoms with van der Waals surface area (Å²) in [4.78, 5) is 0. The Bertz CT molecular complexity index is 362. The third-order valence-corrected chi connectivity index (χ3v) is 2.91. The molecule has 0 aliphatic heterocycles. The molecule has 1 heterocycles. The molecule has 0 saturated heterocycles. The first kappa shape index (κ1) is 15.0. The van der Waals surface area contributed by atoms with Gasteiger partial charge in [0.1, 0.15) is 0 Å². The minimum atomic E-state index is -4.21. The number of aliphatic hydroxyl groups excluding tert-OH is 1. The summed E-state index contributed by atoms with van der Waals surface area (Å²) in [6.45, 7) is 4.04. The molecule has 0 saturated carbocycles. The van der Waals surface area contributed by atoms with Gasteiger partial charge in [0.15, 0.2) is 0 Å². The largest absolute Gasteiger partial charge is 0.393 e. The van der Waals surface area contributed by atoms with Crippen LogP contribution in [0.3, 0.4) is 0 Å². The summed E-state index contributed by atoms with van der Waals surface area (Å²) < 4.78 is 37.7. The van der Waals surface area contributed by atoms with Gasteiger partial charge in [0.2, 0.25) is 0 Å². The molecule has 0 aromatic carbocycles. The van der Waals surface area contributed by atoms with E-state index in [1.165, 1.54) is 0 Å². The van der Waals surface area contributed by atoms with Crippen molar-refractivity contribution in [2.45, 2.75) is 57.9 Å². The van der Waals surface area contributed by atoms with Gasteiger partial charge in [0.05, 0.1) is 11.8 Å². The standard InChI is InChI=1S/C12H19F3N2O/c1-3-9(2)17-7-5-10(16-17)8-11(18)4-6-12(13,14)15/h5,7,9,11,18H,3-4,6,8H2,1-2H3. The first-order valence-corrected chi connectivity index (χ1v) is 6.10. The summed E-state index contributed by atoms with van der Waals surface area (Å²) in [5, 5.41) is 13.8. The van der Waals surface area contributed by atoms with Gasteiger partial charge in [-0.2, -0.15) is 18.3 Å². The fourth-order valence-electron chi connectivity index (χ4n) is 1.59. The number of halogens is 3. The second kappa shape index (κ2) is 6.22. The molecule has 18 heavy (non-hydrogen) atoms. The molecule has 0 fully saturated rings. The van der Waals surface area contributed by atoms with Crippen LogP contribution in [0.15, 0.2) is 12.3 Å². The molecule has 2 unspecified atom stereocenters. The van der Waals surface area contributed by atoms with E-state index >= 15 is 0 Å². The average molecular weight is 264 g/mol. The van der Waals surface area contributed by atoms with Crippen LogP contribution in [0.2, 0.25) is 0 Å². The van der Waals surface area contributed by atoms with E-state index in [-0.39, 0.29) is 18.9 Å². The monoisotopic (exact) mass is 264 g/mol. The molecule has 1 aromatic heterocycles. The highest BCUT2D eigenvalue weighted by Crippen LogP contribution is 2.23. The molecule has 6 heteroatoms. The molecule has 0 aliphatic rings. The minimum Gasteiger partial charge on any atom is -0.393 e. The Labute approximate surface area is 105 Å². The van der Waals surface area contributed by atoms with E-state index in [0.717, 1.165) is 6.42 Å². The van der Waals surface area contributed by atoms with Crippen LogP contribution < -0.4 is 0 Å². The normalized spacial score (nSPS) is 15.7. The lowest BCUT2D eigenvalue weighted by Gasteiger charge is -2.11. The number of alkyl halides is 3. The predicted octanol–water partition coefficient (Wildman–Crippen LogP) is 3.10. The van der Waals surface area contributed by atoms with Crippen LogP contribution in [-0.2, 0) is 6.42 Å². The first-order chi connectivity index (χ1) is 8.31. The SMILES string of the molecule is CCC(C)n1ccc(CC(O)CCC(F)(F)F)n1. The highest BCUT2D eigenvalue weighted by molar-refractivity contribution is 5.01. The van der Waals surface area contributed by atoms with Gasteiger partial charge in [-0.15, -0.1) is 0 Å². The third kappa shape index (κ3) is 5.08. The zero-order valence-corrected chi connectivity index (χ0v) is 10.6. The summed E-state index contributed by atoms with van der Waals surface area (Å²) in [5.41, 5.74) is 0.630. The van der Waals surface area contributed by atoms with Gasteiger partial charge < -0.3 is 5.11 Å². The molecule has 1 aromatic rings. The van der Waals surface area contributed by atoms with Crippen LogP contribution in [0.4, 0.5) is 13.2 Å². The van der Waals surface area contributed by atoms with Crippen molar-refractivity contribution < 1.29 is 18.3 Å². The van der Waals surface area contributed by atoms with Crippen molar-refractivity contribution in [3.05, 3.63) is 18.0 Å². The van der Waals surface area contributed by atoms with Crippen molar-refractivity contribution in [1.29, 1.82) is 0 Å². The van der Waals surface area contributed by atoms with E-state index in [2.05, 4.69) is 5.10 Å². The van der Waals surface area contributed by atoms with Crippen molar-refractivity contribution in [3.8, 4) is 0 Å². The average Bonchev–Trinajstić information content (AvgIpc) is 2.73. The lowest BCUT2D eigenvalue weighted by atomic mass is 10.1. The number of hydrogen-bond donors (Lipinski definition) is 1. The Kier molecular flexibility index (Phi) is 5.19. The fraction of sp³-hybridized carbons (Fsp3) is 0.750. The van der Waals surface area contributed by atoms with Crippen molar-refractivity contribution in [2.75, 3.05) is 0 Å². The Morgan fingerprint density at radius 2 is 2.11 bits per heavy atom. The number of nitrogens with zero attached hydrogens (tertiary/aromatic N) is 2. The van der Waals surface area contributed by atoms with E-state index in [9.17, 15) is 18.3 Å². The van der Waals surface area contributed by atoms with Crippen LogP contribution in [-0.4, -0.2) is 27.2 Å². The van der Waals surface area contributed by atoms with Crippen LogP contribution in [0.25, 0.3) is 0 Å². The molecule has 2 atom stereocenters. The number of hydrogen-bond acceptors (Lipinski definition) is 2. The predicted molar refractivity (Wildman–Crippen MR) is 62.2 cm³/mol. The molecular weight excluding hydrogens is 245 g/mol. The first-order valence-electron chi connectivity index (χ1n) is 6.10. The van der Waals surface area contributed by atoms with Gasteiger partial charge in [-0.25, -0.2) is 0 Å². The Balaban J connectivity index is 2.44. The minimum absolute atomic E-state index is 0.166. The summed E-state index contributed by atoms with van der Waals surface area (Å²) in [5.74, 6) is 0. The van der Waals surface area contributed by atoms with Crippen molar-refractivity contribution in [2.24, 2.45) is 0 Å². The van der Waals surface area contributed by atoms with Crippen LogP contribution in [0, 0.1) is 0 Å². The second-order valence-electron chi connectivity index (χ2n) is 4.56. The molecular formula is C12H19F3N2O. The molecule has 1 rings (SSSR count). The van der Waals surface area contributed by atoms with Crippen molar-refractivity contribution in [1.82, 2.24) is 9.78 Å². The lowest BCUT2D eigenvalue weighted by molar-refractivity contribution is -0.139. The van der Waals surface area contributed by atoms with Gasteiger partial charge in [-0.3, -0.25) is 4.68 Å². The molecule has 0 radical (unpaired) electrons. The van der Waals surface area contributed by atoms with Gasteiger partial charge >= 0.3 is 6.18 Å². The zero-order valence-electron chi connectivity index (χ0n) is 10.6. The second-order valence-corrected chi connectivity index (χ2v) is 4.56. The van der Waals surface area contributed by atoms with Gasteiger partial charge in [-0.1, -0.05) is 6.92 Å². The molecule has 0 spiro atoms. The van der Waals surface area contributed by atoms with Gasteiger partial charge in [-0.05, 0) is 25.8 Å². The molecule has 1 N–H and O–H groups in total. The summed E-state index contributed by atoms with van der Waals surface area (Å²) >= 11 is 0. The fourth-order valence-corrected chi connectivity index (χ4v) is 1.59. The molecule has 0 amide bonds. The maximum atomic E-state index is 12.0. The van der Waals surface area contributed by atoms with E-state index in [0.29, 0.717) is 5.69 Å². The molecule has 104 valence electrons. The van der Waals surface area contributed by atoms with Crippen LogP contribution >= 0.6 is 0 Å². The molecule has 0 bridgehead atoms. The van der Waals surface area contributed by atoms with E-state index in [1.807, 2.05) is 13.8 Å². The quantitative estimate of drug-likeness (QED) is 0.857. The Hall–Kier alpha value is -1.04. The number of rotatable bonds is 6. The highest BCUT2D eigenvalue weighted by atomic mass is 19.4. The van der Waals surface area contributed by atoms with Gasteiger partial charge in [0.25, 0.3) is 0 Å². The summed E-state index contributed by atoms with van der Waals surface area (Å²) in [6.07, 6.45) is -3.55. The Morgan fingerprint density at radius 1 is 1.44 bits per heavy atom. The van der Waals surface area contributed by atoms with E-state index in [1.54, 1.807) is 16.9 Å². The summed E-state index contributed by atoms with van der Waals surface area (Å²) in [7, 11) is 0. The highest BCUT2D eigenvalue weighted by Gasteiger charge is 2.28. The third-order valence-electron chi connectivity index (χ3n) is 2.91. The van der Waals surface area contributed by atoms with Crippen molar-refractivity contribution in [3.63, 3.8) is 0 Å². The van der Waals surface area contributed by atoms with E-state index < -0.39 is 18.7 Å². The Morgan fingerprint density at radius 3 is 2.67 bits per heavy atom. The van der Waals surface area contributed by atoms with E-state index in [4.69, 9.17) is 0 Å². The maximum absolute atomic E-state index is 12.0. The topological polar surface area (TPSA) is 38.0 Å². The smallest absolute Gasteiger partial charge is 0.389 e. The number of aliphatic hydroxyl groups is 1. The maximum Gasteiger partial charge on any atom is 0.389 e. The molecule has 3 nitrogen and oxygen atoms in total. The molecule has 0 aliphatic carbocycles. The van der Waals surface area contributed by atoms with Gasteiger partial charge in [0, 0.05) is 25.1 Å². The number of aromatic nitrogens is 2. The lowest BCUT2D eigenvalue weighted by Crippen LogP contribution is -2.17. The van der Waals surface area contributed by atoms with Crippen LogP contribution in [0.5, 0.6) is 0 Å². The van der Waals surface area contributed by atoms with Crippen molar-refractivity contribution >= 4 is 0 Å². The summed E-state index contributed by atoms with van der Waals surface area (Å²) in [6, 6.07) is 1.99. The van der Waals surface area contributed by atoms with Crippen LogP contribution in [0.1, 0.15) is 44.8 Å². The zero-order chi connectivity index (χ0) is 13.8.